The SMILES string of the molecule is COc1ccccc1C(C)CC(=O)NCC(C(=O)O)c1ccc(F)cc1. The molecule has 2 unspecified atom stereocenters. The van der Waals surface area contributed by atoms with Gasteiger partial charge in [0.1, 0.15) is 11.6 Å². The molecule has 2 N–H and O–H groups in total. The molecule has 1 amide bonds. The van der Waals surface area contributed by atoms with E-state index < -0.39 is 17.7 Å². The standard InChI is InChI=1S/C20H22FNO4/c1-13(16-5-3-4-6-18(16)26-2)11-19(23)22-12-17(20(24)25)14-7-9-15(21)10-8-14/h3-10,13,17H,11-12H2,1-2H3,(H,22,23)(H,24,25). The van der Waals surface area contributed by atoms with E-state index in [2.05, 4.69) is 5.32 Å². The topological polar surface area (TPSA) is 75.6 Å². The zero-order valence-electron chi connectivity index (χ0n) is 14.7. The number of nitrogens with one attached hydrogen (secondary N) is 1. The van der Waals surface area contributed by atoms with Crippen molar-refractivity contribution < 1.29 is 23.8 Å². The molecule has 2 aromatic carbocycles. The van der Waals surface area contributed by atoms with E-state index in [-0.39, 0.29) is 24.8 Å². The van der Waals surface area contributed by atoms with Crippen molar-refractivity contribution in [3.05, 3.63) is 65.5 Å². The Bertz CT molecular complexity index is 761. The molecular formula is C20H22FNO4. The van der Waals surface area contributed by atoms with E-state index in [9.17, 15) is 19.1 Å². The first-order chi connectivity index (χ1) is 12.4. The summed E-state index contributed by atoms with van der Waals surface area (Å²) < 4.78 is 18.3. The van der Waals surface area contributed by atoms with Crippen molar-refractivity contribution in [2.75, 3.05) is 13.7 Å². The smallest absolute Gasteiger partial charge is 0.312 e. The molecule has 0 fully saturated rings. The van der Waals surface area contributed by atoms with Gasteiger partial charge in [0.05, 0.1) is 13.0 Å². The quantitative estimate of drug-likeness (QED) is 0.758. The summed E-state index contributed by atoms with van der Waals surface area (Å²) in [4.78, 5) is 23.7. The molecule has 0 saturated heterocycles. The van der Waals surface area contributed by atoms with E-state index in [1.165, 1.54) is 24.3 Å². The third-order valence-corrected chi connectivity index (χ3v) is 4.24. The predicted octanol–water partition coefficient (Wildman–Crippen LogP) is 3.31. The number of carboxylic acids is 1. The van der Waals surface area contributed by atoms with Gasteiger partial charge in [-0.2, -0.15) is 0 Å². The third-order valence-electron chi connectivity index (χ3n) is 4.24. The van der Waals surface area contributed by atoms with Crippen LogP contribution in [0.3, 0.4) is 0 Å². The van der Waals surface area contributed by atoms with Crippen molar-refractivity contribution in [2.45, 2.75) is 25.2 Å². The number of carbonyl (C=O) groups excluding carboxylic acids is 1. The number of carboxylic acid groups (broad SMARTS) is 1. The fraction of sp³-hybridized carbons (Fsp3) is 0.300. The van der Waals surface area contributed by atoms with Crippen molar-refractivity contribution >= 4 is 11.9 Å². The van der Waals surface area contributed by atoms with Crippen molar-refractivity contribution in [1.29, 1.82) is 0 Å². The number of ether oxygens (including phenoxy) is 1. The lowest BCUT2D eigenvalue weighted by Gasteiger charge is -2.17. The average Bonchev–Trinajstić information content (AvgIpc) is 2.63. The van der Waals surface area contributed by atoms with Crippen LogP contribution >= 0.6 is 0 Å². The summed E-state index contributed by atoms with van der Waals surface area (Å²) in [7, 11) is 1.58. The molecule has 2 rings (SSSR count). The monoisotopic (exact) mass is 359 g/mol. The van der Waals surface area contributed by atoms with Crippen molar-refractivity contribution in [3.8, 4) is 5.75 Å². The van der Waals surface area contributed by atoms with Crippen LogP contribution in [0.25, 0.3) is 0 Å². The molecule has 0 aromatic heterocycles. The molecule has 0 spiro atoms. The van der Waals surface area contributed by atoms with Gasteiger partial charge in [0.2, 0.25) is 5.91 Å². The largest absolute Gasteiger partial charge is 0.496 e. The van der Waals surface area contributed by atoms with Crippen LogP contribution in [0.15, 0.2) is 48.5 Å². The molecule has 6 heteroatoms. The zero-order valence-corrected chi connectivity index (χ0v) is 14.7. The summed E-state index contributed by atoms with van der Waals surface area (Å²) in [5.41, 5.74) is 1.36. The number of benzene rings is 2. The Morgan fingerprint density at radius 2 is 1.81 bits per heavy atom. The second-order valence-corrected chi connectivity index (χ2v) is 6.09. The molecule has 2 aromatic rings. The van der Waals surface area contributed by atoms with Crippen molar-refractivity contribution in [1.82, 2.24) is 5.32 Å². The van der Waals surface area contributed by atoms with Gasteiger partial charge in [-0.25, -0.2) is 4.39 Å². The second kappa shape index (κ2) is 8.99. The Morgan fingerprint density at radius 3 is 2.42 bits per heavy atom. The normalized spacial score (nSPS) is 12.9. The average molecular weight is 359 g/mol. The maximum absolute atomic E-state index is 13.0. The van der Waals surface area contributed by atoms with Gasteiger partial charge in [0, 0.05) is 13.0 Å². The number of hydrogen-bond donors (Lipinski definition) is 2. The Labute approximate surface area is 151 Å². The predicted molar refractivity (Wildman–Crippen MR) is 95.8 cm³/mol. The molecular weight excluding hydrogens is 337 g/mol. The number of hydrogen-bond acceptors (Lipinski definition) is 3. The van der Waals surface area contributed by atoms with Gasteiger partial charge < -0.3 is 15.2 Å². The summed E-state index contributed by atoms with van der Waals surface area (Å²) >= 11 is 0. The Hall–Kier alpha value is -2.89. The number of aliphatic carboxylic acids is 1. The van der Waals surface area contributed by atoms with E-state index in [1.54, 1.807) is 7.11 Å². The van der Waals surface area contributed by atoms with Crippen LogP contribution in [0.1, 0.15) is 36.3 Å². The van der Waals surface area contributed by atoms with Crippen LogP contribution in [-0.4, -0.2) is 30.6 Å². The van der Waals surface area contributed by atoms with Gasteiger partial charge in [-0.1, -0.05) is 37.3 Å². The summed E-state index contributed by atoms with van der Waals surface area (Å²) in [6.45, 7) is 1.85. The lowest BCUT2D eigenvalue weighted by atomic mass is 9.96. The summed E-state index contributed by atoms with van der Waals surface area (Å²) in [5, 5.41) is 12.0. The highest BCUT2D eigenvalue weighted by Crippen LogP contribution is 2.28. The number of halogens is 1. The molecule has 5 nitrogen and oxygen atoms in total. The molecule has 0 aliphatic rings. The number of para-hydroxylation sites is 1. The van der Waals surface area contributed by atoms with Crippen LogP contribution in [0, 0.1) is 5.82 Å². The fourth-order valence-corrected chi connectivity index (χ4v) is 2.79. The maximum Gasteiger partial charge on any atom is 0.312 e. The van der Waals surface area contributed by atoms with Crippen LogP contribution in [-0.2, 0) is 9.59 Å². The fourth-order valence-electron chi connectivity index (χ4n) is 2.79. The third kappa shape index (κ3) is 5.05. The highest BCUT2D eigenvalue weighted by molar-refractivity contribution is 5.80. The van der Waals surface area contributed by atoms with Crippen LogP contribution in [0.2, 0.25) is 0 Å². The van der Waals surface area contributed by atoms with E-state index in [4.69, 9.17) is 4.74 Å². The first-order valence-corrected chi connectivity index (χ1v) is 8.30. The summed E-state index contributed by atoms with van der Waals surface area (Å²) in [5.74, 6) is -2.07. The number of rotatable bonds is 8. The van der Waals surface area contributed by atoms with E-state index in [0.29, 0.717) is 11.3 Å². The van der Waals surface area contributed by atoms with E-state index >= 15 is 0 Å². The van der Waals surface area contributed by atoms with Crippen LogP contribution < -0.4 is 10.1 Å². The highest BCUT2D eigenvalue weighted by Gasteiger charge is 2.22. The lowest BCUT2D eigenvalue weighted by molar-refractivity contribution is -0.138. The first-order valence-electron chi connectivity index (χ1n) is 8.30. The molecule has 0 bridgehead atoms. The molecule has 0 aliphatic carbocycles. The summed E-state index contributed by atoms with van der Waals surface area (Å²) in [6.07, 6.45) is 0.204. The zero-order chi connectivity index (χ0) is 19.1. The van der Waals surface area contributed by atoms with Gasteiger partial charge in [-0.05, 0) is 35.2 Å². The van der Waals surface area contributed by atoms with Crippen molar-refractivity contribution in [2.24, 2.45) is 0 Å². The first kappa shape index (κ1) is 19.4. The molecule has 0 saturated carbocycles. The second-order valence-electron chi connectivity index (χ2n) is 6.09. The van der Waals surface area contributed by atoms with Gasteiger partial charge in [-0.15, -0.1) is 0 Å². The van der Waals surface area contributed by atoms with Gasteiger partial charge in [0.15, 0.2) is 0 Å². The van der Waals surface area contributed by atoms with E-state index in [0.717, 1.165) is 5.56 Å². The Kier molecular flexibility index (Phi) is 6.72. The number of carbonyl (C=O) groups is 2. The van der Waals surface area contributed by atoms with Gasteiger partial charge >= 0.3 is 5.97 Å². The van der Waals surface area contributed by atoms with Crippen molar-refractivity contribution in [3.63, 3.8) is 0 Å². The van der Waals surface area contributed by atoms with Gasteiger partial charge in [-0.3, -0.25) is 9.59 Å². The molecule has 0 aliphatic heterocycles. The maximum atomic E-state index is 13.0. The minimum Gasteiger partial charge on any atom is -0.496 e. The molecule has 138 valence electrons. The molecule has 26 heavy (non-hydrogen) atoms. The van der Waals surface area contributed by atoms with E-state index in [1.807, 2.05) is 31.2 Å². The molecule has 2 atom stereocenters. The number of methoxy groups -OCH3 is 1. The minimum atomic E-state index is -1.07. The van der Waals surface area contributed by atoms with Crippen LogP contribution in [0.4, 0.5) is 4.39 Å². The lowest BCUT2D eigenvalue weighted by Crippen LogP contribution is -2.32. The highest BCUT2D eigenvalue weighted by atomic mass is 19.1. The molecule has 0 heterocycles. The minimum absolute atomic E-state index is 0.0571. The summed E-state index contributed by atoms with van der Waals surface area (Å²) in [6, 6.07) is 12.7. The van der Waals surface area contributed by atoms with Gasteiger partial charge in [0.25, 0.3) is 0 Å². The Balaban J connectivity index is 1.97. The molecule has 0 radical (unpaired) electrons. The van der Waals surface area contributed by atoms with Crippen LogP contribution in [0.5, 0.6) is 5.75 Å². The Morgan fingerprint density at radius 1 is 1.15 bits per heavy atom. The number of amides is 1.